The third-order valence-electron chi connectivity index (χ3n) is 5.40. The number of nitrogens with zero attached hydrogens (tertiary/aromatic N) is 3. The summed E-state index contributed by atoms with van der Waals surface area (Å²) in [5.41, 5.74) is 4.64. The first-order valence-corrected chi connectivity index (χ1v) is 13.1. The molecule has 0 saturated carbocycles. The second-order valence-corrected chi connectivity index (χ2v) is 11.2. The average molecular weight is 480 g/mol. The molecule has 0 aliphatic carbocycles. The topological polar surface area (TPSA) is 80.2 Å². The normalized spacial score (nSPS) is 11.6. The Bertz CT molecular complexity index is 1400. The lowest BCUT2D eigenvalue weighted by Gasteiger charge is -2.19. The number of aromatic nitrogens is 2. The van der Waals surface area contributed by atoms with Crippen molar-refractivity contribution in [3.8, 4) is 0 Å². The highest BCUT2D eigenvalue weighted by atomic mass is 32.2. The average Bonchev–Trinajstić information content (AvgIpc) is 3.22. The first-order valence-electron chi connectivity index (χ1n) is 10.7. The predicted octanol–water partition coefficient (Wildman–Crippen LogP) is 4.88. The van der Waals surface area contributed by atoms with Crippen LogP contribution in [0.2, 0.25) is 0 Å². The number of carbonyl (C=O) groups is 1. The van der Waals surface area contributed by atoms with Crippen molar-refractivity contribution < 1.29 is 13.2 Å². The summed E-state index contributed by atoms with van der Waals surface area (Å²) in [6.07, 6.45) is 1.84. The molecule has 33 heavy (non-hydrogen) atoms. The summed E-state index contributed by atoms with van der Waals surface area (Å²) >= 11 is 1.49. The van der Waals surface area contributed by atoms with Gasteiger partial charge in [-0.05, 0) is 60.9 Å². The van der Waals surface area contributed by atoms with Crippen LogP contribution in [0.4, 0.5) is 5.13 Å². The van der Waals surface area contributed by atoms with Gasteiger partial charge in [-0.2, -0.15) is 0 Å². The fraction of sp³-hybridized carbons (Fsp3) is 0.240. The molecule has 0 saturated heterocycles. The number of amides is 1. The van der Waals surface area contributed by atoms with Crippen molar-refractivity contribution >= 4 is 42.4 Å². The molecule has 2 aromatic heterocycles. The van der Waals surface area contributed by atoms with Gasteiger partial charge in [0.25, 0.3) is 0 Å². The van der Waals surface area contributed by atoms with E-state index in [1.165, 1.54) is 11.3 Å². The maximum absolute atomic E-state index is 13.4. The number of rotatable bonds is 7. The molecule has 0 atom stereocenters. The van der Waals surface area contributed by atoms with Crippen LogP contribution < -0.4 is 4.90 Å². The zero-order chi connectivity index (χ0) is 23.6. The molecule has 2 aromatic carbocycles. The standard InChI is InChI=1S/C25H25N3O3S2/c1-4-33(30,31)21-10-8-19(9-11-21)15-23(29)28(16-20-7-5-6-12-26-20)25-27-22-14-17(2)13-18(3)24(22)32-25/h5-14H,4,15-16H2,1-3H3. The molecule has 0 spiro atoms. The third-order valence-corrected chi connectivity index (χ3v) is 8.38. The van der Waals surface area contributed by atoms with Crippen LogP contribution in [-0.2, 0) is 27.6 Å². The third kappa shape index (κ3) is 5.12. The summed E-state index contributed by atoms with van der Waals surface area (Å²) in [7, 11) is -3.28. The Morgan fingerprint density at radius 2 is 1.82 bits per heavy atom. The summed E-state index contributed by atoms with van der Waals surface area (Å²) in [5, 5.41) is 0.625. The second kappa shape index (κ2) is 9.41. The summed E-state index contributed by atoms with van der Waals surface area (Å²) in [6, 6.07) is 16.3. The number of aryl methyl sites for hydroxylation is 2. The Morgan fingerprint density at radius 3 is 2.48 bits per heavy atom. The summed E-state index contributed by atoms with van der Waals surface area (Å²) < 4.78 is 25.2. The minimum Gasteiger partial charge on any atom is -0.282 e. The van der Waals surface area contributed by atoms with Crippen molar-refractivity contribution in [2.24, 2.45) is 0 Å². The lowest BCUT2D eigenvalue weighted by molar-refractivity contribution is -0.118. The van der Waals surface area contributed by atoms with Crippen LogP contribution >= 0.6 is 11.3 Å². The highest BCUT2D eigenvalue weighted by Crippen LogP contribution is 2.33. The number of carbonyl (C=O) groups excluding carboxylic acids is 1. The predicted molar refractivity (Wildman–Crippen MR) is 132 cm³/mol. The summed E-state index contributed by atoms with van der Waals surface area (Å²) in [5.74, 6) is -0.0835. The van der Waals surface area contributed by atoms with E-state index >= 15 is 0 Å². The Labute approximate surface area is 197 Å². The summed E-state index contributed by atoms with van der Waals surface area (Å²) in [6.45, 7) is 6.00. The van der Waals surface area contributed by atoms with E-state index in [9.17, 15) is 13.2 Å². The molecule has 170 valence electrons. The number of anilines is 1. The van der Waals surface area contributed by atoms with Crippen molar-refractivity contribution in [2.45, 2.75) is 38.6 Å². The Balaban J connectivity index is 1.66. The molecule has 0 aliphatic heterocycles. The second-order valence-electron chi connectivity index (χ2n) is 7.95. The van der Waals surface area contributed by atoms with E-state index in [1.54, 1.807) is 42.3 Å². The quantitative estimate of drug-likeness (QED) is 0.377. The molecule has 0 N–H and O–H groups in total. The molecular formula is C25H25N3O3S2. The maximum atomic E-state index is 13.4. The summed E-state index contributed by atoms with van der Waals surface area (Å²) in [4.78, 5) is 24.5. The SMILES string of the molecule is CCS(=O)(=O)c1ccc(CC(=O)N(Cc2ccccn2)c2nc3cc(C)cc(C)c3s2)cc1. The van der Waals surface area contributed by atoms with Crippen LogP contribution in [0.25, 0.3) is 10.2 Å². The van der Waals surface area contributed by atoms with E-state index in [-0.39, 0.29) is 23.0 Å². The molecule has 2 heterocycles. The fourth-order valence-electron chi connectivity index (χ4n) is 3.65. The zero-order valence-corrected chi connectivity index (χ0v) is 20.4. The van der Waals surface area contributed by atoms with Gasteiger partial charge in [0.2, 0.25) is 5.91 Å². The van der Waals surface area contributed by atoms with Gasteiger partial charge in [-0.25, -0.2) is 13.4 Å². The van der Waals surface area contributed by atoms with Crippen molar-refractivity contribution in [1.82, 2.24) is 9.97 Å². The molecule has 4 rings (SSSR count). The smallest absolute Gasteiger partial charge is 0.233 e. The van der Waals surface area contributed by atoms with E-state index in [0.29, 0.717) is 11.7 Å². The largest absolute Gasteiger partial charge is 0.282 e. The van der Waals surface area contributed by atoms with Crippen LogP contribution in [0.15, 0.2) is 65.7 Å². The van der Waals surface area contributed by atoms with Gasteiger partial charge in [0.1, 0.15) is 0 Å². The van der Waals surface area contributed by atoms with Crippen molar-refractivity contribution in [1.29, 1.82) is 0 Å². The maximum Gasteiger partial charge on any atom is 0.233 e. The molecule has 0 bridgehead atoms. The number of pyridine rings is 1. The minimum absolute atomic E-state index is 0.0413. The molecule has 0 unspecified atom stereocenters. The van der Waals surface area contributed by atoms with Gasteiger partial charge in [0.05, 0.1) is 39.5 Å². The number of sulfone groups is 1. The number of benzene rings is 2. The number of thiazole rings is 1. The van der Waals surface area contributed by atoms with Gasteiger partial charge in [-0.15, -0.1) is 0 Å². The van der Waals surface area contributed by atoms with Crippen LogP contribution in [0.5, 0.6) is 0 Å². The Kier molecular flexibility index (Phi) is 6.58. The molecule has 8 heteroatoms. The minimum atomic E-state index is -3.28. The number of hydrogen-bond donors (Lipinski definition) is 0. The molecule has 4 aromatic rings. The Morgan fingerprint density at radius 1 is 1.06 bits per heavy atom. The number of hydrogen-bond acceptors (Lipinski definition) is 6. The Hall–Kier alpha value is -3.10. The zero-order valence-electron chi connectivity index (χ0n) is 18.8. The molecule has 6 nitrogen and oxygen atoms in total. The van der Waals surface area contributed by atoms with Crippen LogP contribution in [0.3, 0.4) is 0 Å². The van der Waals surface area contributed by atoms with Gasteiger partial charge in [-0.3, -0.25) is 14.7 Å². The van der Waals surface area contributed by atoms with E-state index in [4.69, 9.17) is 4.98 Å². The fourth-order valence-corrected chi connectivity index (χ4v) is 5.56. The van der Waals surface area contributed by atoms with Gasteiger partial charge >= 0.3 is 0 Å². The first kappa shape index (κ1) is 23.1. The molecule has 1 amide bonds. The molecule has 0 radical (unpaired) electrons. The van der Waals surface area contributed by atoms with Crippen LogP contribution in [0, 0.1) is 13.8 Å². The van der Waals surface area contributed by atoms with E-state index in [0.717, 1.165) is 32.6 Å². The van der Waals surface area contributed by atoms with Crippen molar-refractivity contribution in [3.63, 3.8) is 0 Å². The lowest BCUT2D eigenvalue weighted by atomic mass is 10.1. The van der Waals surface area contributed by atoms with Crippen LogP contribution in [-0.4, -0.2) is 30.0 Å². The highest BCUT2D eigenvalue weighted by Gasteiger charge is 2.22. The first-order chi connectivity index (χ1) is 15.8. The monoisotopic (exact) mass is 479 g/mol. The van der Waals surface area contributed by atoms with E-state index < -0.39 is 9.84 Å². The van der Waals surface area contributed by atoms with E-state index in [1.807, 2.05) is 38.1 Å². The van der Waals surface area contributed by atoms with E-state index in [2.05, 4.69) is 11.1 Å². The highest BCUT2D eigenvalue weighted by molar-refractivity contribution is 7.91. The molecule has 0 aliphatic rings. The van der Waals surface area contributed by atoms with Gasteiger partial charge < -0.3 is 0 Å². The number of fused-ring (bicyclic) bond motifs is 1. The van der Waals surface area contributed by atoms with Gasteiger partial charge in [-0.1, -0.05) is 42.5 Å². The van der Waals surface area contributed by atoms with Crippen molar-refractivity contribution in [2.75, 3.05) is 10.7 Å². The van der Waals surface area contributed by atoms with Crippen LogP contribution in [0.1, 0.15) is 29.3 Å². The lowest BCUT2D eigenvalue weighted by Crippen LogP contribution is -2.32. The van der Waals surface area contributed by atoms with Gasteiger partial charge in [0.15, 0.2) is 15.0 Å². The van der Waals surface area contributed by atoms with Crippen molar-refractivity contribution in [3.05, 3.63) is 83.2 Å². The van der Waals surface area contributed by atoms with Gasteiger partial charge in [0, 0.05) is 6.20 Å². The molecule has 0 fully saturated rings. The molecular weight excluding hydrogens is 454 g/mol.